The largest absolute Gasteiger partial charge is 0.368 e. The van der Waals surface area contributed by atoms with Crippen molar-refractivity contribution >= 4 is 10.9 Å². The number of H-pyrrole nitrogens is 1. The number of benzene rings is 2. The molecule has 5 rings (SSSR count). The fraction of sp³-hybridized carbons (Fsp3) is 0.440. The molecule has 1 aromatic heterocycles. The first kappa shape index (κ1) is 20.1. The number of halogens is 1. The molecule has 1 N–H and O–H groups in total. The Bertz CT molecular complexity index is 950. The lowest BCUT2D eigenvalue weighted by Gasteiger charge is -2.42. The zero-order valence-electron chi connectivity index (χ0n) is 17.7. The van der Waals surface area contributed by atoms with Crippen molar-refractivity contribution in [2.24, 2.45) is 0 Å². The highest BCUT2D eigenvalue weighted by atomic mass is 19.1. The number of ether oxygens (including phenoxy) is 1. The average Bonchev–Trinajstić information content (AvgIpc) is 3.10. The summed E-state index contributed by atoms with van der Waals surface area (Å²) in [5.74, 6) is 0.346. The molecule has 1 fully saturated rings. The highest BCUT2D eigenvalue weighted by molar-refractivity contribution is 5.85. The minimum absolute atomic E-state index is 0.158. The second kappa shape index (κ2) is 8.29. The molecule has 154 valence electrons. The molecule has 0 atom stereocenters. The van der Waals surface area contributed by atoms with Gasteiger partial charge in [0.15, 0.2) is 0 Å². The van der Waals surface area contributed by atoms with Gasteiger partial charge in [-0.05, 0) is 88.5 Å². The van der Waals surface area contributed by atoms with Crippen LogP contribution in [0.25, 0.3) is 10.9 Å². The molecule has 29 heavy (non-hydrogen) atoms. The second-order valence-corrected chi connectivity index (χ2v) is 8.78. The van der Waals surface area contributed by atoms with E-state index in [9.17, 15) is 4.39 Å². The van der Waals surface area contributed by atoms with E-state index in [0.717, 1.165) is 38.7 Å². The second-order valence-electron chi connectivity index (χ2n) is 8.78. The van der Waals surface area contributed by atoms with Crippen LogP contribution in [0.15, 0.2) is 48.5 Å². The molecular formula is C25H31FN2O. The monoisotopic (exact) mass is 394 g/mol. The maximum Gasteiger partial charge on any atom is 0.123 e. The maximum atomic E-state index is 13.2. The molecule has 3 aromatic rings. The number of hydrogen-bond donors (Lipinski definition) is 1. The van der Waals surface area contributed by atoms with Crippen LogP contribution in [0.1, 0.15) is 48.4 Å². The minimum Gasteiger partial charge on any atom is -0.368 e. The smallest absolute Gasteiger partial charge is 0.123 e. The normalized spacial score (nSPS) is 23.7. The molecule has 0 saturated heterocycles. The molecule has 1 aliphatic heterocycles. The molecule has 2 aromatic carbocycles. The van der Waals surface area contributed by atoms with Gasteiger partial charge in [-0.2, -0.15) is 0 Å². The Morgan fingerprint density at radius 3 is 2.34 bits per heavy atom. The molecule has 0 bridgehead atoms. The van der Waals surface area contributed by atoms with Gasteiger partial charge in [-0.15, -0.1) is 0 Å². The number of hydrogen-bond acceptors (Lipinski definition) is 2. The lowest BCUT2D eigenvalue weighted by atomic mass is 9.73. The van der Waals surface area contributed by atoms with Gasteiger partial charge in [0.25, 0.3) is 0 Å². The van der Waals surface area contributed by atoms with Gasteiger partial charge >= 0.3 is 0 Å². The molecule has 1 aliphatic carbocycles. The van der Waals surface area contributed by atoms with E-state index in [2.05, 4.69) is 29.2 Å². The van der Waals surface area contributed by atoms with Gasteiger partial charge in [0.2, 0.25) is 0 Å². The van der Waals surface area contributed by atoms with Gasteiger partial charge in [-0.3, -0.25) is 0 Å². The number of para-hydroxylation sites is 1. The zero-order valence-corrected chi connectivity index (χ0v) is 17.7. The van der Waals surface area contributed by atoms with Crippen LogP contribution in [-0.4, -0.2) is 37.6 Å². The van der Waals surface area contributed by atoms with Crippen LogP contribution in [0.4, 0.5) is 4.39 Å². The standard InChI is InChI=1S/C22H22FNO.C3H9N/c23-17-7-5-15(6-8-17)16-9-12-22(13-10-16)21-19(11-14-25-22)18-3-1-2-4-20(18)24-21;1-4(2)3/h1-8,16,24H,9-14H2;1-3H3. The molecule has 3 nitrogen and oxygen atoms in total. The minimum atomic E-state index is -0.164. The van der Waals surface area contributed by atoms with Gasteiger partial charge in [0.05, 0.1) is 12.3 Å². The van der Waals surface area contributed by atoms with Crippen molar-refractivity contribution in [1.29, 1.82) is 0 Å². The van der Waals surface area contributed by atoms with Crippen molar-refractivity contribution in [1.82, 2.24) is 9.88 Å². The number of aromatic amines is 1. The lowest BCUT2D eigenvalue weighted by molar-refractivity contribution is -0.0900. The Labute approximate surface area is 172 Å². The number of fused-ring (bicyclic) bond motifs is 4. The predicted molar refractivity (Wildman–Crippen MR) is 117 cm³/mol. The van der Waals surface area contributed by atoms with Crippen molar-refractivity contribution in [3.05, 3.63) is 71.2 Å². The first-order valence-corrected chi connectivity index (χ1v) is 10.6. The zero-order chi connectivity index (χ0) is 20.4. The van der Waals surface area contributed by atoms with E-state index in [4.69, 9.17) is 4.74 Å². The topological polar surface area (TPSA) is 28.3 Å². The Morgan fingerprint density at radius 1 is 1.00 bits per heavy atom. The molecule has 0 unspecified atom stereocenters. The maximum absolute atomic E-state index is 13.2. The highest BCUT2D eigenvalue weighted by Gasteiger charge is 2.43. The summed E-state index contributed by atoms with van der Waals surface area (Å²) in [4.78, 5) is 5.66. The van der Waals surface area contributed by atoms with Crippen LogP contribution in [0.5, 0.6) is 0 Å². The summed E-state index contributed by atoms with van der Waals surface area (Å²) < 4.78 is 19.6. The highest BCUT2D eigenvalue weighted by Crippen LogP contribution is 2.49. The van der Waals surface area contributed by atoms with E-state index in [1.807, 2.05) is 38.2 Å². The first-order valence-electron chi connectivity index (χ1n) is 10.6. The van der Waals surface area contributed by atoms with E-state index in [1.54, 1.807) is 12.1 Å². The molecule has 2 heterocycles. The Balaban J connectivity index is 0.000000472. The van der Waals surface area contributed by atoms with E-state index < -0.39 is 0 Å². The summed E-state index contributed by atoms with van der Waals surface area (Å²) in [6.07, 6.45) is 5.20. The summed E-state index contributed by atoms with van der Waals surface area (Å²) >= 11 is 0. The molecule has 4 heteroatoms. The molecule has 1 saturated carbocycles. The van der Waals surface area contributed by atoms with Gasteiger partial charge in [-0.25, -0.2) is 4.39 Å². The van der Waals surface area contributed by atoms with Crippen molar-refractivity contribution in [2.45, 2.75) is 43.6 Å². The average molecular weight is 395 g/mol. The fourth-order valence-corrected chi connectivity index (χ4v) is 4.82. The van der Waals surface area contributed by atoms with Gasteiger partial charge in [0.1, 0.15) is 11.4 Å². The van der Waals surface area contributed by atoms with Crippen molar-refractivity contribution in [3.63, 3.8) is 0 Å². The van der Waals surface area contributed by atoms with Crippen LogP contribution in [0.3, 0.4) is 0 Å². The van der Waals surface area contributed by atoms with E-state index in [0.29, 0.717) is 5.92 Å². The Kier molecular flexibility index (Phi) is 5.75. The lowest BCUT2D eigenvalue weighted by Crippen LogP contribution is -2.38. The fourth-order valence-electron chi connectivity index (χ4n) is 4.82. The van der Waals surface area contributed by atoms with Gasteiger partial charge in [0, 0.05) is 10.9 Å². The van der Waals surface area contributed by atoms with Crippen molar-refractivity contribution in [3.8, 4) is 0 Å². The summed E-state index contributed by atoms with van der Waals surface area (Å²) in [5, 5.41) is 1.35. The molecular weight excluding hydrogens is 363 g/mol. The number of aromatic nitrogens is 1. The Hall–Kier alpha value is -2.17. The summed E-state index contributed by atoms with van der Waals surface area (Å²) in [7, 11) is 6.00. The van der Waals surface area contributed by atoms with Crippen LogP contribution in [0.2, 0.25) is 0 Å². The summed E-state index contributed by atoms with van der Waals surface area (Å²) in [6.45, 7) is 0.802. The molecule has 0 radical (unpaired) electrons. The van der Waals surface area contributed by atoms with Crippen molar-refractivity contribution < 1.29 is 9.13 Å². The van der Waals surface area contributed by atoms with Gasteiger partial charge < -0.3 is 14.6 Å². The number of nitrogens with one attached hydrogen (secondary N) is 1. The SMILES string of the molecule is CN(C)C.Fc1ccc(C2CCC3(CC2)OCCc2c3[nH]c3ccccc23)cc1. The molecule has 2 aliphatic rings. The quantitative estimate of drug-likeness (QED) is 0.581. The van der Waals surface area contributed by atoms with Crippen LogP contribution in [-0.2, 0) is 16.8 Å². The first-order chi connectivity index (χ1) is 14.0. The Morgan fingerprint density at radius 2 is 1.66 bits per heavy atom. The third kappa shape index (κ3) is 4.10. The summed E-state index contributed by atoms with van der Waals surface area (Å²) in [6, 6.07) is 15.6. The third-order valence-electron chi connectivity index (χ3n) is 6.13. The predicted octanol–water partition coefficient (Wildman–Crippen LogP) is 5.61. The summed E-state index contributed by atoms with van der Waals surface area (Å²) in [5.41, 5.74) is 5.06. The van der Waals surface area contributed by atoms with Crippen LogP contribution in [0, 0.1) is 5.82 Å². The number of rotatable bonds is 1. The third-order valence-corrected chi connectivity index (χ3v) is 6.13. The van der Waals surface area contributed by atoms with E-state index in [-0.39, 0.29) is 11.4 Å². The van der Waals surface area contributed by atoms with E-state index in [1.165, 1.54) is 27.7 Å². The van der Waals surface area contributed by atoms with Crippen molar-refractivity contribution in [2.75, 3.05) is 27.7 Å². The van der Waals surface area contributed by atoms with E-state index >= 15 is 0 Å². The number of nitrogens with zero attached hydrogens (tertiary/aromatic N) is 1. The molecule has 0 amide bonds. The van der Waals surface area contributed by atoms with Crippen LogP contribution >= 0.6 is 0 Å². The van der Waals surface area contributed by atoms with Gasteiger partial charge in [-0.1, -0.05) is 30.3 Å². The van der Waals surface area contributed by atoms with Crippen LogP contribution < -0.4 is 0 Å². The molecule has 1 spiro atoms.